The summed E-state index contributed by atoms with van der Waals surface area (Å²) in [7, 11) is 0. The quantitative estimate of drug-likeness (QED) is 0.534. The van der Waals surface area contributed by atoms with Crippen molar-refractivity contribution in [1.29, 1.82) is 0 Å². The van der Waals surface area contributed by atoms with Crippen LogP contribution >= 0.6 is 23.4 Å². The van der Waals surface area contributed by atoms with Crippen LogP contribution in [0.4, 0.5) is 0 Å². The molecule has 0 fully saturated rings. The summed E-state index contributed by atoms with van der Waals surface area (Å²) in [5.74, 6) is 0. The number of hydrogen-bond acceptors (Lipinski definition) is 1. The molecule has 1 atom stereocenters. The third kappa shape index (κ3) is 1.33. The first-order valence-electron chi connectivity index (χ1n) is 4.33. The Bertz CT molecular complexity index is 263. The Balaban J connectivity index is 2.39. The van der Waals surface area contributed by atoms with Crippen LogP contribution in [-0.4, -0.2) is 4.71 Å². The molecule has 12 heavy (non-hydrogen) atoms. The Morgan fingerprint density at radius 2 is 2.33 bits per heavy atom. The fourth-order valence-corrected chi connectivity index (χ4v) is 3.39. The van der Waals surface area contributed by atoms with Gasteiger partial charge in [-0.3, -0.25) is 0 Å². The predicted molar refractivity (Wildman–Crippen MR) is 56.4 cm³/mol. The van der Waals surface area contributed by atoms with Crippen LogP contribution in [0.3, 0.4) is 0 Å². The summed E-state index contributed by atoms with van der Waals surface area (Å²) in [6.45, 7) is 4.61. The maximum Gasteiger partial charge on any atom is 0.102 e. The predicted octanol–water partition coefficient (Wildman–Crippen LogP) is 3.93. The van der Waals surface area contributed by atoms with Gasteiger partial charge in [-0.2, -0.15) is 0 Å². The largest absolute Gasteiger partial charge is 0.106 e. The minimum absolute atomic E-state index is 0.170. The van der Waals surface area contributed by atoms with E-state index in [2.05, 4.69) is 26.0 Å². The molecule has 2 rings (SSSR count). The maximum absolute atomic E-state index is 6.06. The van der Waals surface area contributed by atoms with Crippen molar-refractivity contribution in [3.8, 4) is 0 Å². The number of rotatable bonds is 0. The van der Waals surface area contributed by atoms with Gasteiger partial charge in [-0.15, -0.1) is 23.4 Å². The summed E-state index contributed by atoms with van der Waals surface area (Å²) in [6.07, 6.45) is 6.99. The molecule has 0 saturated carbocycles. The lowest BCUT2D eigenvalue weighted by Gasteiger charge is -2.30. The van der Waals surface area contributed by atoms with Crippen molar-refractivity contribution in [3.63, 3.8) is 0 Å². The van der Waals surface area contributed by atoms with Gasteiger partial charge in [0.2, 0.25) is 0 Å². The molecule has 0 N–H and O–H groups in total. The van der Waals surface area contributed by atoms with E-state index >= 15 is 0 Å². The summed E-state index contributed by atoms with van der Waals surface area (Å²) in [5.41, 5.74) is 1.82. The summed E-state index contributed by atoms with van der Waals surface area (Å²) < 4.78 is 0.170. The molecule has 0 aromatic heterocycles. The second-order valence-corrected chi connectivity index (χ2v) is 5.95. The number of fused-ring (bicyclic) bond motifs is 1. The molecule has 2 aliphatic rings. The van der Waals surface area contributed by atoms with Gasteiger partial charge in [0.1, 0.15) is 4.71 Å². The summed E-state index contributed by atoms with van der Waals surface area (Å²) in [6, 6.07) is 0. The molecule has 1 heterocycles. The van der Waals surface area contributed by atoms with Crippen molar-refractivity contribution in [1.82, 2.24) is 0 Å². The summed E-state index contributed by atoms with van der Waals surface area (Å²) >= 11 is 7.85. The van der Waals surface area contributed by atoms with Gasteiger partial charge in [0, 0.05) is 4.91 Å². The van der Waals surface area contributed by atoms with Crippen molar-refractivity contribution in [2.24, 2.45) is 5.41 Å². The Labute approximate surface area is 83.1 Å². The average molecular weight is 201 g/mol. The lowest BCUT2D eigenvalue weighted by molar-refractivity contribution is 0.410. The van der Waals surface area contributed by atoms with Gasteiger partial charge < -0.3 is 0 Å². The number of allylic oxidation sites excluding steroid dienone is 2. The van der Waals surface area contributed by atoms with Crippen molar-refractivity contribution in [2.75, 3.05) is 0 Å². The highest BCUT2D eigenvalue weighted by Crippen LogP contribution is 2.51. The molecule has 0 nitrogen and oxygen atoms in total. The molecule has 1 aliphatic heterocycles. The van der Waals surface area contributed by atoms with Crippen LogP contribution < -0.4 is 0 Å². The Kier molecular flexibility index (Phi) is 2.04. The first-order valence-corrected chi connectivity index (χ1v) is 5.65. The highest BCUT2D eigenvalue weighted by Gasteiger charge is 2.33. The number of halogens is 1. The number of thioether (sulfide) groups is 1. The van der Waals surface area contributed by atoms with Crippen molar-refractivity contribution < 1.29 is 0 Å². The normalized spacial score (nSPS) is 32.4. The molecule has 1 unspecified atom stereocenters. The molecule has 0 spiro atoms. The van der Waals surface area contributed by atoms with E-state index in [4.69, 9.17) is 11.6 Å². The molecule has 0 saturated heterocycles. The van der Waals surface area contributed by atoms with Crippen molar-refractivity contribution >= 4 is 23.4 Å². The van der Waals surface area contributed by atoms with E-state index in [1.54, 1.807) is 11.8 Å². The van der Waals surface area contributed by atoms with Crippen LogP contribution in [-0.2, 0) is 0 Å². The highest BCUT2D eigenvalue weighted by molar-refractivity contribution is 8.05. The van der Waals surface area contributed by atoms with E-state index in [9.17, 15) is 0 Å². The first kappa shape index (κ1) is 8.71. The van der Waals surface area contributed by atoms with Crippen LogP contribution in [0.15, 0.2) is 22.6 Å². The second-order valence-electron chi connectivity index (χ2n) is 4.04. The van der Waals surface area contributed by atoms with Gasteiger partial charge >= 0.3 is 0 Å². The highest BCUT2D eigenvalue weighted by atomic mass is 35.5. The standard InChI is InChI=1S/C10H13ClS/c1-10(2)5-3-4-8-7(10)6-9(11)12-8/h4,6,9H,3,5H2,1-2H3. The molecule has 0 amide bonds. The van der Waals surface area contributed by atoms with Crippen LogP contribution in [0, 0.1) is 5.41 Å². The Morgan fingerprint density at radius 1 is 1.58 bits per heavy atom. The average Bonchev–Trinajstić information content (AvgIpc) is 2.30. The lowest BCUT2D eigenvalue weighted by atomic mass is 9.76. The maximum atomic E-state index is 6.06. The zero-order valence-corrected chi connectivity index (χ0v) is 9.00. The van der Waals surface area contributed by atoms with E-state index < -0.39 is 0 Å². The minimum atomic E-state index is 0.170. The minimum Gasteiger partial charge on any atom is -0.106 e. The monoisotopic (exact) mass is 200 g/mol. The number of hydrogen-bond donors (Lipinski definition) is 0. The van der Waals surface area contributed by atoms with E-state index in [0.29, 0.717) is 5.41 Å². The van der Waals surface area contributed by atoms with Gasteiger partial charge in [-0.05, 0) is 23.8 Å². The SMILES string of the molecule is CC1(C)CCC=C2SC(Cl)C=C21. The van der Waals surface area contributed by atoms with Crippen molar-refractivity contribution in [2.45, 2.75) is 31.4 Å². The first-order chi connectivity index (χ1) is 5.59. The zero-order valence-electron chi connectivity index (χ0n) is 7.43. The van der Waals surface area contributed by atoms with Gasteiger partial charge in [-0.1, -0.05) is 26.0 Å². The number of alkyl halides is 1. The van der Waals surface area contributed by atoms with E-state index in [1.165, 1.54) is 23.3 Å². The van der Waals surface area contributed by atoms with Gasteiger partial charge in [0.15, 0.2) is 0 Å². The molecule has 0 radical (unpaired) electrons. The molecule has 1 aliphatic carbocycles. The van der Waals surface area contributed by atoms with Gasteiger partial charge in [0.25, 0.3) is 0 Å². The summed E-state index contributed by atoms with van der Waals surface area (Å²) in [4.78, 5) is 1.42. The lowest BCUT2D eigenvalue weighted by Crippen LogP contribution is -2.17. The van der Waals surface area contributed by atoms with Crippen LogP contribution in [0.2, 0.25) is 0 Å². The topological polar surface area (TPSA) is 0 Å². The molecule has 2 heteroatoms. The van der Waals surface area contributed by atoms with Crippen LogP contribution in [0.25, 0.3) is 0 Å². The molecular weight excluding hydrogens is 188 g/mol. The van der Waals surface area contributed by atoms with E-state index in [-0.39, 0.29) is 4.71 Å². The smallest absolute Gasteiger partial charge is 0.102 e. The molecule has 0 bridgehead atoms. The third-order valence-electron chi connectivity index (χ3n) is 2.63. The summed E-state index contributed by atoms with van der Waals surface area (Å²) in [5, 5.41) is 0. The van der Waals surface area contributed by atoms with E-state index in [1.807, 2.05) is 0 Å². The molecular formula is C10H13ClS. The molecule has 0 aromatic carbocycles. The fraction of sp³-hybridized carbons (Fsp3) is 0.600. The van der Waals surface area contributed by atoms with Gasteiger partial charge in [-0.25, -0.2) is 0 Å². The van der Waals surface area contributed by atoms with Crippen molar-refractivity contribution in [3.05, 3.63) is 22.6 Å². The van der Waals surface area contributed by atoms with Crippen LogP contribution in [0.5, 0.6) is 0 Å². The molecule has 0 aromatic rings. The third-order valence-corrected chi connectivity index (χ3v) is 4.03. The zero-order chi connectivity index (χ0) is 8.77. The van der Waals surface area contributed by atoms with Crippen LogP contribution in [0.1, 0.15) is 26.7 Å². The molecule has 66 valence electrons. The fourth-order valence-electron chi connectivity index (χ4n) is 1.85. The second kappa shape index (κ2) is 2.81. The Hall–Kier alpha value is 0.120. The van der Waals surface area contributed by atoms with E-state index in [0.717, 1.165) is 0 Å². The Morgan fingerprint density at radius 3 is 3.00 bits per heavy atom. The van der Waals surface area contributed by atoms with Gasteiger partial charge in [0.05, 0.1) is 0 Å².